The molecule has 7 nitrogen and oxygen atoms in total. The molecule has 1 heterocycles. The lowest BCUT2D eigenvalue weighted by Gasteiger charge is -2.25. The predicted octanol–water partition coefficient (Wildman–Crippen LogP) is 2.24. The van der Waals surface area contributed by atoms with E-state index in [1.807, 2.05) is 6.92 Å². The van der Waals surface area contributed by atoms with Gasteiger partial charge in [0.25, 0.3) is 0 Å². The molecule has 2 aliphatic rings. The normalized spacial score (nSPS) is 29.3. The summed E-state index contributed by atoms with van der Waals surface area (Å²) < 4.78 is 10.4. The van der Waals surface area contributed by atoms with Crippen LogP contribution in [0.5, 0.6) is 0 Å². The van der Waals surface area contributed by atoms with Crippen molar-refractivity contribution in [2.45, 2.75) is 65.2 Å². The van der Waals surface area contributed by atoms with Gasteiger partial charge in [-0.1, -0.05) is 12.1 Å². The smallest absolute Gasteiger partial charge is 0.408 e. The lowest BCUT2D eigenvalue weighted by molar-refractivity contribution is -0.149. The van der Waals surface area contributed by atoms with Gasteiger partial charge in [-0.25, -0.2) is 4.79 Å². The Morgan fingerprint density at radius 2 is 2.04 bits per heavy atom. The number of hydrogen-bond acceptors (Lipinski definition) is 6. The van der Waals surface area contributed by atoms with Gasteiger partial charge in [0.15, 0.2) is 6.10 Å². The quantitative estimate of drug-likeness (QED) is 0.801. The number of carbonyl (C=O) groups excluding carboxylic acids is 2. The van der Waals surface area contributed by atoms with E-state index in [4.69, 9.17) is 14.3 Å². The molecular formula is C16H26N2O5. The summed E-state index contributed by atoms with van der Waals surface area (Å²) in [4.78, 5) is 29.8. The van der Waals surface area contributed by atoms with Crippen molar-refractivity contribution in [1.82, 2.24) is 5.32 Å². The van der Waals surface area contributed by atoms with Crippen LogP contribution in [0, 0.1) is 11.8 Å². The largest absolute Gasteiger partial charge is 0.466 e. The molecule has 0 bridgehead atoms. The summed E-state index contributed by atoms with van der Waals surface area (Å²) in [6, 6.07) is -0.498. The molecular weight excluding hydrogens is 300 g/mol. The monoisotopic (exact) mass is 326 g/mol. The van der Waals surface area contributed by atoms with Crippen molar-refractivity contribution in [3.63, 3.8) is 0 Å². The summed E-state index contributed by atoms with van der Waals surface area (Å²) >= 11 is 0. The molecule has 0 aromatic carbocycles. The van der Waals surface area contributed by atoms with Crippen LogP contribution in [-0.4, -0.2) is 42.1 Å². The number of nitrogens with one attached hydrogen (secondary N) is 1. The van der Waals surface area contributed by atoms with Gasteiger partial charge in [0.05, 0.1) is 24.3 Å². The Bertz CT molecular complexity index is 497. The topological polar surface area (TPSA) is 86.2 Å². The lowest BCUT2D eigenvalue weighted by Crippen LogP contribution is -2.48. The predicted molar refractivity (Wildman–Crippen MR) is 84.0 cm³/mol. The summed E-state index contributed by atoms with van der Waals surface area (Å²) in [5.41, 5.74) is 0.320. The Balaban J connectivity index is 2.12. The SMILES string of the molecule is CCOC(=O)[C@H]1C[C@H]2C(CC)=NO[C@H]2[C@@H]1NC(=O)OC(C)(C)C. The Morgan fingerprint density at radius 3 is 2.61 bits per heavy atom. The van der Waals surface area contributed by atoms with Gasteiger partial charge in [0, 0.05) is 5.92 Å². The third-order valence-electron chi connectivity index (χ3n) is 4.05. The van der Waals surface area contributed by atoms with Crippen molar-refractivity contribution >= 4 is 17.8 Å². The van der Waals surface area contributed by atoms with Gasteiger partial charge in [-0.3, -0.25) is 4.79 Å². The lowest BCUT2D eigenvalue weighted by atomic mass is 9.97. The van der Waals surface area contributed by atoms with E-state index in [0.717, 1.165) is 12.1 Å². The van der Waals surface area contributed by atoms with Crippen molar-refractivity contribution in [3.8, 4) is 0 Å². The maximum Gasteiger partial charge on any atom is 0.408 e. The molecule has 130 valence electrons. The fraction of sp³-hybridized carbons (Fsp3) is 0.812. The van der Waals surface area contributed by atoms with E-state index in [1.54, 1.807) is 27.7 Å². The molecule has 0 spiro atoms. The number of carbonyl (C=O) groups is 2. The zero-order valence-electron chi connectivity index (χ0n) is 14.4. The molecule has 0 unspecified atom stereocenters. The van der Waals surface area contributed by atoms with Crippen LogP contribution in [0.1, 0.15) is 47.5 Å². The summed E-state index contributed by atoms with van der Waals surface area (Å²) in [5.74, 6) is -0.731. The highest BCUT2D eigenvalue weighted by molar-refractivity contribution is 5.90. The van der Waals surface area contributed by atoms with Gasteiger partial charge in [0.2, 0.25) is 0 Å². The second-order valence-electron chi connectivity index (χ2n) is 6.88. The molecule has 0 aromatic rings. The van der Waals surface area contributed by atoms with Gasteiger partial charge in [-0.15, -0.1) is 0 Å². The van der Waals surface area contributed by atoms with Crippen molar-refractivity contribution in [2.24, 2.45) is 17.0 Å². The molecule has 1 N–H and O–H groups in total. The number of amides is 1. The first-order valence-electron chi connectivity index (χ1n) is 8.15. The van der Waals surface area contributed by atoms with Gasteiger partial charge in [0.1, 0.15) is 5.60 Å². The fourth-order valence-electron chi connectivity index (χ4n) is 3.14. The second-order valence-corrected chi connectivity index (χ2v) is 6.88. The van der Waals surface area contributed by atoms with Crippen LogP contribution in [0.4, 0.5) is 4.79 Å². The van der Waals surface area contributed by atoms with Crippen LogP contribution in [0.2, 0.25) is 0 Å². The van der Waals surface area contributed by atoms with E-state index in [0.29, 0.717) is 13.0 Å². The number of ether oxygens (including phenoxy) is 2. The first-order valence-corrected chi connectivity index (χ1v) is 8.15. The zero-order chi connectivity index (χ0) is 17.2. The van der Waals surface area contributed by atoms with Gasteiger partial charge in [-0.05, 0) is 40.5 Å². The van der Waals surface area contributed by atoms with Crippen LogP contribution in [0.3, 0.4) is 0 Å². The van der Waals surface area contributed by atoms with E-state index < -0.39 is 23.7 Å². The molecule has 7 heteroatoms. The second kappa shape index (κ2) is 6.76. The minimum atomic E-state index is -0.608. The summed E-state index contributed by atoms with van der Waals surface area (Å²) in [6.45, 7) is 9.43. The van der Waals surface area contributed by atoms with E-state index in [-0.39, 0.29) is 18.0 Å². The maximum absolute atomic E-state index is 12.2. The van der Waals surface area contributed by atoms with Gasteiger partial charge >= 0.3 is 12.1 Å². The highest BCUT2D eigenvalue weighted by Crippen LogP contribution is 2.40. The molecule has 1 fully saturated rings. The average Bonchev–Trinajstić information content (AvgIpc) is 2.97. The Labute approximate surface area is 136 Å². The van der Waals surface area contributed by atoms with Crippen LogP contribution in [0.15, 0.2) is 5.16 Å². The summed E-state index contributed by atoms with van der Waals surface area (Å²) in [5, 5.41) is 6.86. The van der Waals surface area contributed by atoms with Crippen molar-refractivity contribution in [1.29, 1.82) is 0 Å². The standard InChI is InChI=1S/C16H26N2O5/c1-6-11-9-8-10(14(19)21-7-2)12(13(9)23-18-11)17-15(20)22-16(3,4)5/h9-10,12-13H,6-8H2,1-5H3,(H,17,20)/t9-,10-,12+,13+/m0/s1. The van der Waals surface area contributed by atoms with Crippen LogP contribution in [0.25, 0.3) is 0 Å². The number of hydrogen-bond donors (Lipinski definition) is 1. The number of nitrogens with zero attached hydrogens (tertiary/aromatic N) is 1. The first kappa shape index (κ1) is 17.6. The Kier molecular flexibility index (Phi) is 5.16. The van der Waals surface area contributed by atoms with Gasteiger partial charge < -0.3 is 19.6 Å². The molecule has 1 amide bonds. The van der Waals surface area contributed by atoms with Crippen LogP contribution in [-0.2, 0) is 19.1 Å². The van der Waals surface area contributed by atoms with Crippen molar-refractivity contribution in [3.05, 3.63) is 0 Å². The third-order valence-corrected chi connectivity index (χ3v) is 4.05. The maximum atomic E-state index is 12.2. The first-order chi connectivity index (χ1) is 10.8. The zero-order valence-corrected chi connectivity index (χ0v) is 14.4. The number of fused-ring (bicyclic) bond motifs is 1. The molecule has 0 aromatic heterocycles. The molecule has 2 rings (SSSR count). The molecule has 0 radical (unpaired) electrons. The summed E-state index contributed by atoms with van der Waals surface area (Å²) in [6.07, 6.45) is 0.421. The highest BCUT2D eigenvalue weighted by Gasteiger charge is 2.53. The van der Waals surface area contributed by atoms with E-state index in [1.165, 1.54) is 0 Å². The average molecular weight is 326 g/mol. The van der Waals surface area contributed by atoms with Crippen molar-refractivity contribution in [2.75, 3.05) is 6.61 Å². The number of alkyl carbamates (subject to hydrolysis) is 1. The molecule has 1 saturated carbocycles. The fourth-order valence-corrected chi connectivity index (χ4v) is 3.14. The Morgan fingerprint density at radius 1 is 1.35 bits per heavy atom. The van der Waals surface area contributed by atoms with Crippen molar-refractivity contribution < 1.29 is 23.9 Å². The molecule has 23 heavy (non-hydrogen) atoms. The molecule has 1 aliphatic heterocycles. The van der Waals surface area contributed by atoms with Crippen LogP contribution >= 0.6 is 0 Å². The minimum absolute atomic E-state index is 0.0364. The minimum Gasteiger partial charge on any atom is -0.466 e. The van der Waals surface area contributed by atoms with E-state index in [9.17, 15) is 9.59 Å². The molecule has 1 aliphatic carbocycles. The molecule has 0 saturated heterocycles. The molecule has 4 atom stereocenters. The van der Waals surface area contributed by atoms with Gasteiger partial charge in [-0.2, -0.15) is 0 Å². The number of oxime groups is 1. The number of rotatable bonds is 4. The highest BCUT2D eigenvalue weighted by atomic mass is 16.6. The third kappa shape index (κ3) is 3.95. The Hall–Kier alpha value is -1.79. The number of esters is 1. The van der Waals surface area contributed by atoms with E-state index >= 15 is 0 Å². The van der Waals surface area contributed by atoms with Crippen LogP contribution < -0.4 is 5.32 Å². The van der Waals surface area contributed by atoms with E-state index in [2.05, 4.69) is 10.5 Å². The summed E-state index contributed by atoms with van der Waals surface area (Å²) in [7, 11) is 0.